The second kappa shape index (κ2) is 11.3. The van der Waals surface area contributed by atoms with Gasteiger partial charge in [-0.25, -0.2) is 10.0 Å². The Bertz CT molecular complexity index is 579. The quantitative estimate of drug-likeness (QED) is 0.415. The van der Waals surface area contributed by atoms with E-state index in [1.807, 2.05) is 25.2 Å². The largest absolute Gasteiger partial charge is 0.359 e. The normalized spacial score (nSPS) is 17.3. The number of ether oxygens (including phenoxy) is 1. The summed E-state index contributed by atoms with van der Waals surface area (Å²) >= 11 is 0. The van der Waals surface area contributed by atoms with Gasteiger partial charge in [0.2, 0.25) is 5.91 Å². The van der Waals surface area contributed by atoms with Crippen LogP contribution < -0.4 is 5.32 Å². The number of carbonyl (C=O) groups is 2. The zero-order valence-corrected chi connectivity index (χ0v) is 15.5. The molecule has 0 bridgehead atoms. The number of hydrogen-bond acceptors (Lipinski definition) is 5. The molecule has 0 aliphatic carbocycles. The summed E-state index contributed by atoms with van der Waals surface area (Å²) in [5.41, 5.74) is 0.319. The van der Waals surface area contributed by atoms with E-state index in [2.05, 4.69) is 22.3 Å². The van der Waals surface area contributed by atoms with Crippen LogP contribution in [0.3, 0.4) is 0 Å². The predicted octanol–water partition coefficient (Wildman–Crippen LogP) is 2.40. The minimum atomic E-state index is -0.378. The number of carbonyl (C=O) groups excluding carboxylic acids is 2. The van der Waals surface area contributed by atoms with Crippen LogP contribution in [-0.2, 0) is 14.3 Å². The van der Waals surface area contributed by atoms with Crippen LogP contribution in [-0.4, -0.2) is 48.8 Å². The van der Waals surface area contributed by atoms with E-state index >= 15 is 0 Å². The zero-order chi connectivity index (χ0) is 18.7. The fraction of sp³-hybridized carbons (Fsp3) is 0.556. The average Bonchev–Trinajstić information content (AvgIpc) is 2.60. The van der Waals surface area contributed by atoms with Crippen molar-refractivity contribution in [2.45, 2.75) is 52.2 Å². The molecule has 138 valence electrons. The molecule has 0 saturated heterocycles. The lowest BCUT2D eigenvalue weighted by Crippen LogP contribution is -2.40. The van der Waals surface area contributed by atoms with Crippen LogP contribution in [0.4, 0.5) is 0 Å². The average molecular weight is 348 g/mol. The third kappa shape index (κ3) is 7.43. The molecule has 0 spiro atoms. The van der Waals surface area contributed by atoms with Gasteiger partial charge in [0.05, 0.1) is 0 Å². The topological polar surface area (TPSA) is 83.4 Å². The van der Waals surface area contributed by atoms with E-state index in [4.69, 9.17) is 4.74 Å². The van der Waals surface area contributed by atoms with E-state index < -0.39 is 0 Å². The number of nitrogens with zero attached hydrogens (tertiary/aromatic N) is 3. The van der Waals surface area contributed by atoms with E-state index in [-0.39, 0.29) is 24.5 Å². The maximum atomic E-state index is 12.4. The first kappa shape index (κ1) is 20.8. The highest BCUT2D eigenvalue weighted by atomic mass is 16.5. The van der Waals surface area contributed by atoms with Gasteiger partial charge in [-0.15, -0.1) is 0 Å². The molecule has 0 fully saturated rings. The fourth-order valence-electron chi connectivity index (χ4n) is 2.10. The van der Waals surface area contributed by atoms with Crippen LogP contribution in [0.2, 0.25) is 0 Å². The molecule has 1 heterocycles. The van der Waals surface area contributed by atoms with Crippen molar-refractivity contribution in [3.05, 3.63) is 24.3 Å². The molecular formula is C18H28N4O3. The zero-order valence-electron chi connectivity index (χ0n) is 15.5. The lowest BCUT2D eigenvalue weighted by molar-refractivity contribution is -0.130. The lowest BCUT2D eigenvalue weighted by atomic mass is 10.1. The van der Waals surface area contributed by atoms with Crippen molar-refractivity contribution >= 4 is 23.4 Å². The first-order chi connectivity index (χ1) is 12.0. The molecule has 7 heteroatoms. The van der Waals surface area contributed by atoms with E-state index in [0.29, 0.717) is 24.4 Å². The van der Waals surface area contributed by atoms with E-state index in [1.54, 1.807) is 20.2 Å². The highest BCUT2D eigenvalue weighted by Crippen LogP contribution is 2.07. The molecule has 25 heavy (non-hydrogen) atoms. The van der Waals surface area contributed by atoms with E-state index in [1.165, 1.54) is 5.01 Å². The van der Waals surface area contributed by atoms with Crippen LogP contribution in [0, 0.1) is 0 Å². The van der Waals surface area contributed by atoms with Gasteiger partial charge >= 0.3 is 0 Å². The van der Waals surface area contributed by atoms with Crippen LogP contribution >= 0.6 is 0 Å². The number of hydrazone groups is 1. The molecule has 0 aromatic heterocycles. The van der Waals surface area contributed by atoms with Gasteiger partial charge in [-0.1, -0.05) is 32.1 Å². The molecule has 1 rings (SSSR count). The summed E-state index contributed by atoms with van der Waals surface area (Å²) in [5.74, 6) is -0.0258. The molecule has 1 N–H and O–H groups in total. The van der Waals surface area contributed by atoms with Crippen LogP contribution in [0.5, 0.6) is 0 Å². The van der Waals surface area contributed by atoms with Crippen molar-refractivity contribution in [1.82, 2.24) is 10.3 Å². The fourth-order valence-corrected chi connectivity index (χ4v) is 2.10. The Balaban J connectivity index is 2.87. The molecule has 1 unspecified atom stereocenters. The molecule has 0 saturated carbocycles. The molecule has 0 aromatic rings. The predicted molar refractivity (Wildman–Crippen MR) is 99.3 cm³/mol. The Morgan fingerprint density at radius 1 is 1.32 bits per heavy atom. The lowest BCUT2D eigenvalue weighted by Gasteiger charge is -2.19. The smallest absolute Gasteiger partial charge is 0.273 e. The number of allylic oxidation sites excluding steroid dienone is 2. The Labute approximate surface area is 149 Å². The minimum Gasteiger partial charge on any atom is -0.359 e. The number of rotatable bonds is 8. The van der Waals surface area contributed by atoms with Gasteiger partial charge in [-0.2, -0.15) is 5.10 Å². The maximum absolute atomic E-state index is 12.4. The summed E-state index contributed by atoms with van der Waals surface area (Å²) < 4.78 is 5.36. The summed E-state index contributed by atoms with van der Waals surface area (Å²) in [6, 6.07) is 0. The second-order valence-corrected chi connectivity index (χ2v) is 5.55. The third-order valence-corrected chi connectivity index (χ3v) is 3.52. The Morgan fingerprint density at radius 3 is 2.64 bits per heavy atom. The van der Waals surface area contributed by atoms with Crippen molar-refractivity contribution in [3.8, 4) is 0 Å². The molecule has 1 aliphatic rings. The minimum absolute atomic E-state index is 0.0986. The molecular weight excluding hydrogens is 320 g/mol. The molecule has 0 radical (unpaired) electrons. The van der Waals surface area contributed by atoms with Gasteiger partial charge in [0.15, 0.2) is 6.23 Å². The maximum Gasteiger partial charge on any atom is 0.273 e. The number of aliphatic imine (C=N–C) groups is 1. The summed E-state index contributed by atoms with van der Waals surface area (Å²) in [5, 5.41) is 7.99. The first-order valence-electron chi connectivity index (χ1n) is 8.59. The molecule has 2 amide bonds. The van der Waals surface area contributed by atoms with Crippen LogP contribution in [0.15, 0.2) is 34.4 Å². The third-order valence-electron chi connectivity index (χ3n) is 3.52. The standard InChI is InChI=1S/C18H28N4O3/c1-5-7-9-11-16(25-4)19-15(10-8-6-2)20-18(24)14-12-13-17(23)22(3)21-14/h7-10,16H,5-6,11-13H2,1-4H3,(H,19,20,24)/b9-7-,10-8-. The molecule has 1 aliphatic heterocycles. The monoisotopic (exact) mass is 348 g/mol. The Kier molecular flexibility index (Phi) is 9.39. The number of methoxy groups -OCH3 is 1. The first-order valence-corrected chi connectivity index (χ1v) is 8.59. The van der Waals surface area contributed by atoms with Gasteiger partial charge in [0.1, 0.15) is 11.5 Å². The molecule has 0 aromatic carbocycles. The Hall–Kier alpha value is -2.28. The van der Waals surface area contributed by atoms with Gasteiger partial charge in [-0.3, -0.25) is 9.59 Å². The van der Waals surface area contributed by atoms with Gasteiger partial charge in [-0.05, 0) is 18.9 Å². The Morgan fingerprint density at radius 2 is 2.04 bits per heavy atom. The van der Waals surface area contributed by atoms with Crippen LogP contribution in [0.1, 0.15) is 46.0 Å². The van der Waals surface area contributed by atoms with Crippen molar-refractivity contribution in [2.24, 2.45) is 10.1 Å². The van der Waals surface area contributed by atoms with Crippen LogP contribution in [0.25, 0.3) is 0 Å². The molecule has 1 atom stereocenters. The number of nitrogens with one attached hydrogen (secondary N) is 1. The number of hydrogen-bond donors (Lipinski definition) is 1. The summed E-state index contributed by atoms with van der Waals surface area (Å²) in [7, 11) is 3.13. The number of amidine groups is 1. The summed E-state index contributed by atoms with van der Waals surface area (Å²) in [6.07, 6.45) is 10.3. The highest BCUT2D eigenvalue weighted by molar-refractivity contribution is 6.42. The van der Waals surface area contributed by atoms with Gasteiger partial charge in [0, 0.05) is 33.4 Å². The van der Waals surface area contributed by atoms with E-state index in [0.717, 1.165) is 12.8 Å². The van der Waals surface area contributed by atoms with Crippen molar-refractivity contribution in [1.29, 1.82) is 0 Å². The van der Waals surface area contributed by atoms with E-state index in [9.17, 15) is 9.59 Å². The SMILES string of the molecule is CC/C=C\CC(N=C(/C=C\CC)NC(=O)C1=NN(C)C(=O)CC1)OC. The number of amides is 2. The summed E-state index contributed by atoms with van der Waals surface area (Å²) in [6.45, 7) is 4.06. The molecule has 7 nitrogen and oxygen atoms in total. The van der Waals surface area contributed by atoms with Gasteiger partial charge in [0.25, 0.3) is 5.91 Å². The highest BCUT2D eigenvalue weighted by Gasteiger charge is 2.22. The van der Waals surface area contributed by atoms with Crippen molar-refractivity contribution < 1.29 is 14.3 Å². The van der Waals surface area contributed by atoms with Gasteiger partial charge < -0.3 is 10.1 Å². The van der Waals surface area contributed by atoms with Crippen molar-refractivity contribution in [2.75, 3.05) is 14.2 Å². The van der Waals surface area contributed by atoms with Crippen molar-refractivity contribution in [3.63, 3.8) is 0 Å². The summed E-state index contributed by atoms with van der Waals surface area (Å²) in [4.78, 5) is 28.3. The second-order valence-electron chi connectivity index (χ2n) is 5.55.